The molecule has 2 amide bonds. The molecule has 148 valence electrons. The Hall–Kier alpha value is -3.13. The van der Waals surface area contributed by atoms with Crippen LogP contribution in [0.1, 0.15) is 12.8 Å². The van der Waals surface area contributed by atoms with E-state index in [0.717, 1.165) is 28.4 Å². The van der Waals surface area contributed by atoms with Gasteiger partial charge in [0.25, 0.3) is 5.91 Å². The topological polar surface area (TPSA) is 74.8 Å². The van der Waals surface area contributed by atoms with Crippen molar-refractivity contribution in [3.8, 4) is 5.75 Å². The molecular formula is C21H20N4O3S. The molecule has 0 atom stereocenters. The van der Waals surface area contributed by atoms with Crippen LogP contribution in [0.25, 0.3) is 10.2 Å². The number of aromatic nitrogens is 1. The van der Waals surface area contributed by atoms with Crippen LogP contribution in [-0.4, -0.2) is 43.0 Å². The van der Waals surface area contributed by atoms with Gasteiger partial charge in [-0.2, -0.15) is 0 Å². The second kappa shape index (κ2) is 7.36. The van der Waals surface area contributed by atoms with E-state index in [2.05, 4.69) is 10.2 Å². The molecule has 2 aliphatic heterocycles. The Kier molecular flexibility index (Phi) is 4.55. The maximum atomic E-state index is 12.6. The van der Waals surface area contributed by atoms with Crippen LogP contribution in [0, 0.1) is 0 Å². The summed E-state index contributed by atoms with van der Waals surface area (Å²) in [6, 6.07) is 13.0. The van der Waals surface area contributed by atoms with Crippen molar-refractivity contribution in [2.45, 2.75) is 12.8 Å². The summed E-state index contributed by atoms with van der Waals surface area (Å²) >= 11 is 1.65. The third-order valence-corrected chi connectivity index (χ3v) is 6.23. The lowest BCUT2D eigenvalue weighted by Gasteiger charge is -2.28. The van der Waals surface area contributed by atoms with Crippen LogP contribution >= 0.6 is 11.3 Å². The van der Waals surface area contributed by atoms with Crippen molar-refractivity contribution < 1.29 is 14.3 Å². The van der Waals surface area contributed by atoms with E-state index in [-0.39, 0.29) is 25.0 Å². The first-order valence-corrected chi connectivity index (χ1v) is 10.5. The fourth-order valence-corrected chi connectivity index (χ4v) is 4.76. The fraction of sp³-hybridized carbons (Fsp3) is 0.286. The lowest BCUT2D eigenvalue weighted by Crippen LogP contribution is -2.43. The van der Waals surface area contributed by atoms with Gasteiger partial charge in [0.2, 0.25) is 5.91 Å². The second-order valence-electron chi connectivity index (χ2n) is 7.16. The number of carbonyl (C=O) groups excluding carboxylic acids is 2. The number of hydrogen-bond donors (Lipinski definition) is 1. The molecular weight excluding hydrogens is 388 g/mol. The van der Waals surface area contributed by atoms with E-state index in [1.165, 1.54) is 17.7 Å². The number of para-hydroxylation sites is 2. The Labute approximate surface area is 171 Å². The molecule has 5 rings (SSSR count). The van der Waals surface area contributed by atoms with E-state index in [1.807, 2.05) is 30.3 Å². The molecule has 7 nitrogen and oxygen atoms in total. The van der Waals surface area contributed by atoms with E-state index >= 15 is 0 Å². The summed E-state index contributed by atoms with van der Waals surface area (Å²) in [5, 5.41) is 3.94. The number of fused-ring (bicyclic) bond motifs is 2. The van der Waals surface area contributed by atoms with Gasteiger partial charge in [0, 0.05) is 18.8 Å². The number of carbonyl (C=O) groups is 2. The summed E-state index contributed by atoms with van der Waals surface area (Å²) < 4.78 is 6.47. The average molecular weight is 408 g/mol. The molecule has 0 radical (unpaired) electrons. The number of amides is 2. The van der Waals surface area contributed by atoms with Gasteiger partial charge in [-0.15, -0.1) is 0 Å². The Morgan fingerprint density at radius 2 is 2.00 bits per heavy atom. The third kappa shape index (κ3) is 3.51. The van der Waals surface area contributed by atoms with Gasteiger partial charge in [-0.25, -0.2) is 4.98 Å². The van der Waals surface area contributed by atoms with Gasteiger partial charge in [0.15, 0.2) is 11.7 Å². The van der Waals surface area contributed by atoms with E-state index < -0.39 is 0 Å². The predicted molar refractivity (Wildman–Crippen MR) is 114 cm³/mol. The molecule has 29 heavy (non-hydrogen) atoms. The Balaban J connectivity index is 1.31. The van der Waals surface area contributed by atoms with Gasteiger partial charge >= 0.3 is 0 Å². The van der Waals surface area contributed by atoms with Crippen molar-refractivity contribution in [1.82, 2.24) is 4.98 Å². The molecule has 1 fully saturated rings. The molecule has 0 spiro atoms. The minimum absolute atomic E-state index is 0.0566. The SMILES string of the molecule is O=C(CN1C(=O)COc2ccccc21)Nc1ccc2nc(N3CCCC3)sc2c1. The van der Waals surface area contributed by atoms with Gasteiger partial charge in [-0.1, -0.05) is 23.5 Å². The summed E-state index contributed by atoms with van der Waals surface area (Å²) in [6.07, 6.45) is 2.42. The molecule has 2 aliphatic rings. The highest BCUT2D eigenvalue weighted by Gasteiger charge is 2.27. The molecule has 0 bridgehead atoms. The number of anilines is 3. The minimum atomic E-state index is -0.251. The van der Waals surface area contributed by atoms with Crippen molar-refractivity contribution in [2.24, 2.45) is 0 Å². The van der Waals surface area contributed by atoms with E-state index in [0.29, 0.717) is 17.1 Å². The van der Waals surface area contributed by atoms with Gasteiger partial charge in [-0.05, 0) is 43.2 Å². The number of nitrogens with zero attached hydrogens (tertiary/aromatic N) is 3. The molecule has 1 N–H and O–H groups in total. The van der Waals surface area contributed by atoms with Crippen LogP contribution in [0.3, 0.4) is 0 Å². The number of ether oxygens (including phenoxy) is 1. The maximum Gasteiger partial charge on any atom is 0.265 e. The normalized spacial score (nSPS) is 16.1. The Morgan fingerprint density at radius 3 is 2.86 bits per heavy atom. The zero-order valence-electron chi connectivity index (χ0n) is 15.8. The quantitative estimate of drug-likeness (QED) is 0.717. The smallest absolute Gasteiger partial charge is 0.265 e. The molecule has 3 aromatic rings. The maximum absolute atomic E-state index is 12.6. The van der Waals surface area contributed by atoms with Gasteiger partial charge in [0.05, 0.1) is 15.9 Å². The molecule has 3 heterocycles. The monoisotopic (exact) mass is 408 g/mol. The lowest BCUT2D eigenvalue weighted by molar-refractivity contribution is -0.123. The van der Waals surface area contributed by atoms with Crippen LogP contribution in [0.4, 0.5) is 16.5 Å². The summed E-state index contributed by atoms with van der Waals surface area (Å²) in [6.45, 7) is 1.99. The lowest BCUT2D eigenvalue weighted by atomic mass is 10.2. The van der Waals surface area contributed by atoms with Crippen LogP contribution in [-0.2, 0) is 9.59 Å². The molecule has 0 saturated carbocycles. The van der Waals surface area contributed by atoms with Crippen LogP contribution < -0.4 is 19.9 Å². The summed E-state index contributed by atoms with van der Waals surface area (Å²) in [7, 11) is 0. The van der Waals surface area contributed by atoms with Crippen molar-refractivity contribution in [3.63, 3.8) is 0 Å². The third-order valence-electron chi connectivity index (χ3n) is 5.15. The highest BCUT2D eigenvalue weighted by molar-refractivity contribution is 7.22. The van der Waals surface area contributed by atoms with Crippen molar-refractivity contribution in [1.29, 1.82) is 0 Å². The first-order valence-electron chi connectivity index (χ1n) is 9.65. The number of nitrogens with one attached hydrogen (secondary N) is 1. The van der Waals surface area contributed by atoms with Crippen LogP contribution in [0.2, 0.25) is 0 Å². The van der Waals surface area contributed by atoms with Crippen molar-refractivity contribution in [3.05, 3.63) is 42.5 Å². The number of rotatable bonds is 4. The average Bonchev–Trinajstić information content (AvgIpc) is 3.39. The highest BCUT2D eigenvalue weighted by Crippen LogP contribution is 2.33. The molecule has 0 unspecified atom stereocenters. The second-order valence-corrected chi connectivity index (χ2v) is 8.17. The zero-order valence-corrected chi connectivity index (χ0v) is 16.6. The molecule has 0 aliphatic carbocycles. The van der Waals surface area contributed by atoms with E-state index in [1.54, 1.807) is 23.5 Å². The van der Waals surface area contributed by atoms with E-state index in [9.17, 15) is 9.59 Å². The molecule has 2 aromatic carbocycles. The number of hydrogen-bond acceptors (Lipinski definition) is 6. The van der Waals surface area contributed by atoms with Crippen molar-refractivity contribution in [2.75, 3.05) is 41.4 Å². The van der Waals surface area contributed by atoms with Crippen LogP contribution in [0.15, 0.2) is 42.5 Å². The first kappa shape index (κ1) is 17.9. The number of thiazole rings is 1. The van der Waals surface area contributed by atoms with E-state index in [4.69, 9.17) is 9.72 Å². The summed E-state index contributed by atoms with van der Waals surface area (Å²) in [4.78, 5) is 33.4. The van der Waals surface area contributed by atoms with Crippen LogP contribution in [0.5, 0.6) is 5.75 Å². The Bertz CT molecular complexity index is 1090. The van der Waals surface area contributed by atoms with Crippen molar-refractivity contribution >= 4 is 49.9 Å². The van der Waals surface area contributed by atoms with Gasteiger partial charge < -0.3 is 15.0 Å². The minimum Gasteiger partial charge on any atom is -0.482 e. The zero-order chi connectivity index (χ0) is 19.8. The van der Waals surface area contributed by atoms with Gasteiger partial charge in [0.1, 0.15) is 12.3 Å². The molecule has 1 aromatic heterocycles. The Morgan fingerprint density at radius 1 is 1.17 bits per heavy atom. The molecule has 8 heteroatoms. The predicted octanol–water partition coefficient (Wildman–Crippen LogP) is 3.26. The largest absolute Gasteiger partial charge is 0.482 e. The fourth-order valence-electron chi connectivity index (χ4n) is 3.71. The summed E-state index contributed by atoms with van der Waals surface area (Å²) in [5.74, 6) is 0.131. The highest BCUT2D eigenvalue weighted by atomic mass is 32.1. The summed E-state index contributed by atoms with van der Waals surface area (Å²) in [5.41, 5.74) is 2.26. The molecule has 1 saturated heterocycles. The number of benzene rings is 2. The first-order chi connectivity index (χ1) is 14.2. The standard InChI is InChI=1S/C21H20N4O3S/c26-19(12-25-16-5-1-2-6-17(16)28-13-20(25)27)22-14-7-8-15-18(11-14)29-21(23-15)24-9-3-4-10-24/h1-2,5-8,11H,3-4,9-10,12-13H2,(H,22,26). The van der Waals surface area contributed by atoms with Gasteiger partial charge in [-0.3, -0.25) is 14.5 Å².